The Morgan fingerprint density at radius 2 is 1.97 bits per heavy atom. The molecule has 1 atom stereocenters. The first-order chi connectivity index (χ1) is 14.0. The fourth-order valence-corrected chi connectivity index (χ4v) is 4.87. The molecule has 1 N–H and O–H groups in total. The zero-order valence-electron chi connectivity index (χ0n) is 17.3. The van der Waals surface area contributed by atoms with E-state index in [2.05, 4.69) is 34.2 Å². The fourth-order valence-electron chi connectivity index (χ4n) is 4.87. The first-order valence-corrected chi connectivity index (χ1v) is 10.7. The van der Waals surface area contributed by atoms with Crippen LogP contribution in [0.15, 0.2) is 42.5 Å². The van der Waals surface area contributed by atoms with Crippen molar-refractivity contribution in [2.24, 2.45) is 0 Å². The zero-order valence-corrected chi connectivity index (χ0v) is 17.3. The van der Waals surface area contributed by atoms with Crippen LogP contribution < -0.4 is 10.2 Å². The largest absolute Gasteiger partial charge is 0.365 e. The van der Waals surface area contributed by atoms with Crippen molar-refractivity contribution < 1.29 is 9.18 Å². The molecular formula is C24H30FN3O. The maximum Gasteiger partial charge on any atom is 0.221 e. The van der Waals surface area contributed by atoms with Crippen molar-refractivity contribution in [3.05, 3.63) is 59.4 Å². The van der Waals surface area contributed by atoms with Crippen LogP contribution in [0, 0.1) is 5.82 Å². The third kappa shape index (κ3) is 4.61. The maximum absolute atomic E-state index is 13.4. The zero-order chi connectivity index (χ0) is 20.4. The number of likely N-dealkylation sites (tertiary alicyclic amines) is 1. The summed E-state index contributed by atoms with van der Waals surface area (Å²) in [6.07, 6.45) is 4.23. The highest BCUT2D eigenvalue weighted by molar-refractivity contribution is 5.89. The summed E-state index contributed by atoms with van der Waals surface area (Å²) >= 11 is 0. The second kappa shape index (κ2) is 8.54. The van der Waals surface area contributed by atoms with Crippen LogP contribution in [-0.4, -0.2) is 42.5 Å². The monoisotopic (exact) mass is 395 g/mol. The van der Waals surface area contributed by atoms with Gasteiger partial charge in [-0.05, 0) is 68.0 Å². The van der Waals surface area contributed by atoms with Crippen LogP contribution in [0.1, 0.15) is 37.8 Å². The molecule has 0 spiro atoms. The first-order valence-electron chi connectivity index (χ1n) is 10.7. The topological polar surface area (TPSA) is 35.6 Å². The number of carbonyl (C=O) groups excluding carboxylic acids is 1. The van der Waals surface area contributed by atoms with Gasteiger partial charge >= 0.3 is 0 Å². The smallest absolute Gasteiger partial charge is 0.221 e. The van der Waals surface area contributed by atoms with Crippen LogP contribution in [0.4, 0.5) is 15.8 Å². The average Bonchev–Trinajstić information content (AvgIpc) is 3.01. The molecule has 2 aromatic carbocycles. The van der Waals surface area contributed by atoms with E-state index < -0.39 is 0 Å². The van der Waals surface area contributed by atoms with E-state index in [0.717, 1.165) is 56.6 Å². The lowest BCUT2D eigenvalue weighted by Gasteiger charge is -2.40. The number of nitrogens with one attached hydrogen (secondary N) is 1. The summed E-state index contributed by atoms with van der Waals surface area (Å²) in [6, 6.07) is 14.3. The van der Waals surface area contributed by atoms with E-state index in [1.165, 1.54) is 17.3 Å². The number of rotatable bonds is 5. The van der Waals surface area contributed by atoms with Gasteiger partial charge in [0.1, 0.15) is 5.82 Å². The van der Waals surface area contributed by atoms with Crippen LogP contribution >= 0.6 is 0 Å². The number of halogens is 1. The van der Waals surface area contributed by atoms with Gasteiger partial charge in [-0.3, -0.25) is 4.79 Å². The molecule has 4 rings (SSSR count). The highest BCUT2D eigenvalue weighted by Crippen LogP contribution is 2.38. The van der Waals surface area contributed by atoms with E-state index in [4.69, 9.17) is 0 Å². The quantitative estimate of drug-likeness (QED) is 0.822. The Morgan fingerprint density at radius 1 is 1.17 bits per heavy atom. The number of hydrogen-bond acceptors (Lipinski definition) is 3. The SMILES string of the molecule is CC(=O)Nc1ccc2c(c1)N(C1CCN(CCc3cccc(F)c3)CC1)C(C)C2. The van der Waals surface area contributed by atoms with Crippen LogP contribution in [0.5, 0.6) is 0 Å². The highest BCUT2D eigenvalue weighted by atomic mass is 19.1. The molecule has 2 heterocycles. The summed E-state index contributed by atoms with van der Waals surface area (Å²) in [4.78, 5) is 16.5. The van der Waals surface area contributed by atoms with Crippen LogP contribution in [0.25, 0.3) is 0 Å². The number of anilines is 2. The summed E-state index contributed by atoms with van der Waals surface area (Å²) in [5.41, 5.74) is 4.60. The Hall–Kier alpha value is -2.40. The van der Waals surface area contributed by atoms with E-state index in [0.29, 0.717) is 12.1 Å². The van der Waals surface area contributed by atoms with Crippen LogP contribution in [0.3, 0.4) is 0 Å². The summed E-state index contributed by atoms with van der Waals surface area (Å²) in [5.74, 6) is -0.185. The van der Waals surface area contributed by atoms with Gasteiger partial charge in [-0.2, -0.15) is 0 Å². The fraction of sp³-hybridized carbons (Fsp3) is 0.458. The van der Waals surface area contributed by atoms with Crippen molar-refractivity contribution in [3.8, 4) is 0 Å². The average molecular weight is 396 g/mol. The van der Waals surface area contributed by atoms with Crippen molar-refractivity contribution in [1.29, 1.82) is 0 Å². The van der Waals surface area contributed by atoms with Gasteiger partial charge in [-0.1, -0.05) is 18.2 Å². The van der Waals surface area contributed by atoms with E-state index in [1.54, 1.807) is 19.1 Å². The molecule has 0 radical (unpaired) electrons. The molecule has 0 aromatic heterocycles. The minimum atomic E-state index is -0.151. The molecule has 5 heteroatoms. The summed E-state index contributed by atoms with van der Waals surface area (Å²) in [6.45, 7) is 6.98. The number of amides is 1. The molecular weight excluding hydrogens is 365 g/mol. The molecule has 0 aliphatic carbocycles. The summed E-state index contributed by atoms with van der Waals surface area (Å²) < 4.78 is 13.4. The Balaban J connectivity index is 1.37. The van der Waals surface area contributed by atoms with E-state index in [-0.39, 0.29) is 11.7 Å². The molecule has 1 saturated heterocycles. The Morgan fingerprint density at radius 3 is 2.69 bits per heavy atom. The van der Waals surface area contributed by atoms with Crippen molar-refractivity contribution in [2.45, 2.75) is 51.6 Å². The van der Waals surface area contributed by atoms with Gasteiger partial charge in [0.15, 0.2) is 0 Å². The Labute approximate surface area is 172 Å². The van der Waals surface area contributed by atoms with Gasteiger partial charge in [0.05, 0.1) is 0 Å². The third-order valence-electron chi connectivity index (χ3n) is 6.23. The van der Waals surface area contributed by atoms with Gasteiger partial charge in [0.25, 0.3) is 0 Å². The lowest BCUT2D eigenvalue weighted by molar-refractivity contribution is -0.114. The maximum atomic E-state index is 13.4. The molecule has 4 nitrogen and oxygen atoms in total. The molecule has 1 fully saturated rings. The molecule has 1 amide bonds. The number of benzene rings is 2. The van der Waals surface area contributed by atoms with Gasteiger partial charge < -0.3 is 15.1 Å². The molecule has 0 saturated carbocycles. The van der Waals surface area contributed by atoms with Crippen LogP contribution in [-0.2, 0) is 17.6 Å². The normalized spacial score (nSPS) is 20.0. The second-order valence-electron chi connectivity index (χ2n) is 8.44. The summed E-state index contributed by atoms with van der Waals surface area (Å²) in [5, 5.41) is 2.92. The van der Waals surface area contributed by atoms with Crippen LogP contribution in [0.2, 0.25) is 0 Å². The molecule has 0 bridgehead atoms. The molecule has 2 aliphatic heterocycles. The number of hydrogen-bond donors (Lipinski definition) is 1. The minimum Gasteiger partial charge on any atom is -0.365 e. The van der Waals surface area contributed by atoms with Crippen molar-refractivity contribution in [1.82, 2.24) is 4.90 Å². The van der Waals surface area contributed by atoms with Crippen molar-refractivity contribution in [3.63, 3.8) is 0 Å². The van der Waals surface area contributed by atoms with Crippen molar-refractivity contribution in [2.75, 3.05) is 29.9 Å². The van der Waals surface area contributed by atoms with Gasteiger partial charge in [-0.15, -0.1) is 0 Å². The Bertz CT molecular complexity index is 876. The third-order valence-corrected chi connectivity index (χ3v) is 6.23. The molecule has 154 valence electrons. The minimum absolute atomic E-state index is 0.0332. The highest BCUT2D eigenvalue weighted by Gasteiger charge is 2.33. The lowest BCUT2D eigenvalue weighted by atomic mass is 10.0. The molecule has 29 heavy (non-hydrogen) atoms. The Kier molecular flexibility index (Phi) is 5.86. The van der Waals surface area contributed by atoms with Gasteiger partial charge in [-0.25, -0.2) is 4.39 Å². The van der Waals surface area contributed by atoms with Crippen molar-refractivity contribution >= 4 is 17.3 Å². The first kappa shape index (κ1) is 19.9. The summed E-state index contributed by atoms with van der Waals surface area (Å²) in [7, 11) is 0. The molecule has 2 aromatic rings. The van der Waals surface area contributed by atoms with Gasteiger partial charge in [0, 0.05) is 50.0 Å². The predicted octanol–water partition coefficient (Wildman–Crippen LogP) is 4.24. The van der Waals surface area contributed by atoms with E-state index >= 15 is 0 Å². The van der Waals surface area contributed by atoms with Gasteiger partial charge in [0.2, 0.25) is 5.91 Å². The predicted molar refractivity (Wildman–Crippen MR) is 116 cm³/mol. The number of nitrogens with zero attached hydrogens (tertiary/aromatic N) is 2. The molecule has 1 unspecified atom stereocenters. The van der Waals surface area contributed by atoms with E-state index in [1.807, 2.05) is 12.1 Å². The van der Waals surface area contributed by atoms with E-state index in [9.17, 15) is 9.18 Å². The second-order valence-corrected chi connectivity index (χ2v) is 8.44. The lowest BCUT2D eigenvalue weighted by Crippen LogP contribution is -2.47. The standard InChI is InChI=1S/C24H30FN3O/c1-17-14-20-6-7-22(26-18(2)29)16-24(20)28(17)23-9-12-27(13-10-23)11-8-19-4-3-5-21(25)15-19/h3-7,15-17,23H,8-14H2,1-2H3,(H,26,29). The molecule has 2 aliphatic rings. The number of carbonyl (C=O) groups is 1. The number of fused-ring (bicyclic) bond motifs is 1. The number of piperidine rings is 1.